The standard InChI is InChI=1S/C15H20ClNOS/c16-13-8-4-5-9-14(13)19-11-15(18)17-10-12-6-2-1-3-7-12/h4-5,8-9,12H,1-3,6-7,10-11H2,(H,17,18). The van der Waals surface area contributed by atoms with Crippen LogP contribution in [0.4, 0.5) is 0 Å². The summed E-state index contributed by atoms with van der Waals surface area (Å²) < 4.78 is 0. The lowest BCUT2D eigenvalue weighted by molar-refractivity contribution is -0.118. The molecule has 0 heterocycles. The SMILES string of the molecule is O=C(CSc1ccccc1Cl)NCC1CCCCC1. The molecule has 104 valence electrons. The summed E-state index contributed by atoms with van der Waals surface area (Å²) in [5, 5.41) is 3.75. The molecule has 4 heteroatoms. The Morgan fingerprint density at radius 3 is 2.74 bits per heavy atom. The Balaban J connectivity index is 1.68. The van der Waals surface area contributed by atoms with Gasteiger partial charge in [0, 0.05) is 11.4 Å². The Hall–Kier alpha value is -0.670. The van der Waals surface area contributed by atoms with E-state index >= 15 is 0 Å². The summed E-state index contributed by atoms with van der Waals surface area (Å²) in [4.78, 5) is 12.8. The van der Waals surface area contributed by atoms with Gasteiger partial charge in [-0.3, -0.25) is 4.79 Å². The van der Waals surface area contributed by atoms with E-state index < -0.39 is 0 Å². The van der Waals surface area contributed by atoms with Crippen LogP contribution in [0.2, 0.25) is 5.02 Å². The van der Waals surface area contributed by atoms with Gasteiger partial charge >= 0.3 is 0 Å². The van der Waals surface area contributed by atoms with E-state index in [1.165, 1.54) is 43.9 Å². The monoisotopic (exact) mass is 297 g/mol. The van der Waals surface area contributed by atoms with Gasteiger partial charge in [0.05, 0.1) is 10.8 Å². The third-order valence-electron chi connectivity index (χ3n) is 3.51. The molecule has 0 aliphatic heterocycles. The minimum Gasteiger partial charge on any atom is -0.355 e. The van der Waals surface area contributed by atoms with Crippen molar-refractivity contribution >= 4 is 29.3 Å². The minimum atomic E-state index is 0.107. The lowest BCUT2D eigenvalue weighted by atomic mass is 9.89. The number of carbonyl (C=O) groups excluding carboxylic acids is 1. The van der Waals surface area contributed by atoms with Crippen molar-refractivity contribution in [1.82, 2.24) is 5.32 Å². The summed E-state index contributed by atoms with van der Waals surface area (Å²) in [5.41, 5.74) is 0. The van der Waals surface area contributed by atoms with E-state index in [0.29, 0.717) is 16.7 Å². The lowest BCUT2D eigenvalue weighted by Crippen LogP contribution is -2.31. The van der Waals surface area contributed by atoms with Gasteiger partial charge in [0.25, 0.3) is 0 Å². The largest absolute Gasteiger partial charge is 0.355 e. The third kappa shape index (κ3) is 5.07. The van der Waals surface area contributed by atoms with E-state index in [2.05, 4.69) is 5.32 Å². The van der Waals surface area contributed by atoms with Gasteiger partial charge in [-0.2, -0.15) is 0 Å². The Morgan fingerprint density at radius 1 is 1.26 bits per heavy atom. The summed E-state index contributed by atoms with van der Waals surface area (Å²) in [5.74, 6) is 1.23. The Bertz CT molecular complexity index is 418. The summed E-state index contributed by atoms with van der Waals surface area (Å²) in [6, 6.07) is 7.63. The molecule has 0 spiro atoms. The van der Waals surface area contributed by atoms with Crippen LogP contribution in [0.25, 0.3) is 0 Å². The molecule has 1 saturated carbocycles. The third-order valence-corrected chi connectivity index (χ3v) is 5.02. The zero-order valence-corrected chi connectivity index (χ0v) is 12.6. The molecule has 0 saturated heterocycles. The second-order valence-electron chi connectivity index (χ2n) is 5.03. The molecule has 1 N–H and O–H groups in total. The van der Waals surface area contributed by atoms with Gasteiger partial charge in [0.1, 0.15) is 0 Å². The van der Waals surface area contributed by atoms with E-state index in [9.17, 15) is 4.79 Å². The van der Waals surface area contributed by atoms with Crippen molar-refractivity contribution in [1.29, 1.82) is 0 Å². The first-order chi connectivity index (χ1) is 9.25. The van der Waals surface area contributed by atoms with Crippen molar-refractivity contribution in [2.24, 2.45) is 5.92 Å². The van der Waals surface area contributed by atoms with E-state index in [1.807, 2.05) is 24.3 Å². The van der Waals surface area contributed by atoms with Gasteiger partial charge in [-0.25, -0.2) is 0 Å². The lowest BCUT2D eigenvalue weighted by Gasteiger charge is -2.21. The zero-order valence-electron chi connectivity index (χ0n) is 11.0. The number of halogens is 1. The average Bonchev–Trinajstić information content (AvgIpc) is 2.45. The maximum atomic E-state index is 11.8. The molecule has 1 amide bonds. The molecule has 0 unspecified atom stereocenters. The highest BCUT2D eigenvalue weighted by atomic mass is 35.5. The van der Waals surface area contributed by atoms with E-state index in [4.69, 9.17) is 11.6 Å². The zero-order chi connectivity index (χ0) is 13.5. The number of hydrogen-bond acceptors (Lipinski definition) is 2. The van der Waals surface area contributed by atoms with Crippen LogP contribution in [0.1, 0.15) is 32.1 Å². The molecule has 0 atom stereocenters. The fourth-order valence-electron chi connectivity index (χ4n) is 2.41. The van der Waals surface area contributed by atoms with Crippen LogP contribution in [-0.2, 0) is 4.79 Å². The minimum absolute atomic E-state index is 0.107. The van der Waals surface area contributed by atoms with E-state index in [1.54, 1.807) is 0 Å². The maximum absolute atomic E-state index is 11.8. The maximum Gasteiger partial charge on any atom is 0.230 e. The van der Waals surface area contributed by atoms with Crippen molar-refractivity contribution in [3.8, 4) is 0 Å². The number of rotatable bonds is 5. The highest BCUT2D eigenvalue weighted by Crippen LogP contribution is 2.26. The first-order valence-electron chi connectivity index (χ1n) is 6.90. The number of amides is 1. The van der Waals surface area contributed by atoms with E-state index in [0.717, 1.165) is 11.4 Å². The molecule has 2 rings (SSSR count). The van der Waals surface area contributed by atoms with Crippen LogP contribution in [0, 0.1) is 5.92 Å². The van der Waals surface area contributed by atoms with Crippen LogP contribution in [-0.4, -0.2) is 18.2 Å². The van der Waals surface area contributed by atoms with Gasteiger partial charge in [-0.15, -0.1) is 11.8 Å². The van der Waals surface area contributed by atoms with Crippen molar-refractivity contribution in [3.63, 3.8) is 0 Å². The van der Waals surface area contributed by atoms with Crippen LogP contribution in [0.5, 0.6) is 0 Å². The molecule has 0 radical (unpaired) electrons. The molecule has 19 heavy (non-hydrogen) atoms. The second kappa shape index (κ2) is 7.81. The van der Waals surface area contributed by atoms with Crippen molar-refractivity contribution in [2.45, 2.75) is 37.0 Å². The topological polar surface area (TPSA) is 29.1 Å². The summed E-state index contributed by atoms with van der Waals surface area (Å²) in [7, 11) is 0. The number of thioether (sulfide) groups is 1. The average molecular weight is 298 g/mol. The molecule has 0 aromatic heterocycles. The highest BCUT2D eigenvalue weighted by molar-refractivity contribution is 8.00. The number of nitrogens with one attached hydrogen (secondary N) is 1. The number of benzene rings is 1. The quantitative estimate of drug-likeness (QED) is 0.828. The molecule has 1 fully saturated rings. The van der Waals surface area contributed by atoms with Gasteiger partial charge in [0.2, 0.25) is 5.91 Å². The van der Waals surface area contributed by atoms with Crippen LogP contribution >= 0.6 is 23.4 Å². The Labute approximate surface area is 124 Å². The molecule has 1 aromatic rings. The van der Waals surface area contributed by atoms with E-state index in [-0.39, 0.29) is 5.91 Å². The number of hydrogen-bond donors (Lipinski definition) is 1. The number of carbonyl (C=O) groups is 1. The van der Waals surface area contributed by atoms with Gasteiger partial charge in [-0.05, 0) is 30.9 Å². The van der Waals surface area contributed by atoms with Crippen LogP contribution in [0.15, 0.2) is 29.2 Å². The molecule has 1 aromatic carbocycles. The van der Waals surface area contributed by atoms with Gasteiger partial charge in [0.15, 0.2) is 0 Å². The first-order valence-corrected chi connectivity index (χ1v) is 8.26. The molecular weight excluding hydrogens is 278 g/mol. The van der Waals surface area contributed by atoms with Crippen molar-refractivity contribution < 1.29 is 4.79 Å². The predicted molar refractivity (Wildman–Crippen MR) is 81.8 cm³/mol. The Morgan fingerprint density at radius 2 is 2.00 bits per heavy atom. The molecule has 2 nitrogen and oxygen atoms in total. The molecular formula is C15H20ClNOS. The van der Waals surface area contributed by atoms with Gasteiger partial charge in [-0.1, -0.05) is 43.0 Å². The summed E-state index contributed by atoms with van der Waals surface area (Å²) >= 11 is 7.55. The second-order valence-corrected chi connectivity index (χ2v) is 6.45. The summed E-state index contributed by atoms with van der Waals surface area (Å²) in [6.45, 7) is 0.835. The molecule has 1 aliphatic carbocycles. The smallest absolute Gasteiger partial charge is 0.230 e. The fourth-order valence-corrected chi connectivity index (χ4v) is 3.47. The Kier molecular flexibility index (Phi) is 6.05. The molecule has 1 aliphatic rings. The fraction of sp³-hybridized carbons (Fsp3) is 0.533. The first kappa shape index (κ1) is 14.7. The van der Waals surface area contributed by atoms with Crippen LogP contribution < -0.4 is 5.32 Å². The highest BCUT2D eigenvalue weighted by Gasteiger charge is 2.14. The van der Waals surface area contributed by atoms with Crippen molar-refractivity contribution in [2.75, 3.05) is 12.3 Å². The van der Waals surface area contributed by atoms with Crippen molar-refractivity contribution in [3.05, 3.63) is 29.3 Å². The van der Waals surface area contributed by atoms with Crippen LogP contribution in [0.3, 0.4) is 0 Å². The predicted octanol–water partition coefficient (Wildman–Crippen LogP) is 4.13. The normalized spacial score (nSPS) is 16.3. The molecule has 0 bridgehead atoms. The summed E-state index contributed by atoms with van der Waals surface area (Å²) in [6.07, 6.45) is 6.51. The van der Waals surface area contributed by atoms with Gasteiger partial charge < -0.3 is 5.32 Å².